The Hall–Kier alpha value is -2.04. The van der Waals surface area contributed by atoms with Gasteiger partial charge in [-0.15, -0.1) is 0 Å². The first kappa shape index (κ1) is 9.21. The van der Waals surface area contributed by atoms with Crippen LogP contribution in [0, 0.1) is 20.8 Å². The fourth-order valence-corrected chi connectivity index (χ4v) is 1.97. The van der Waals surface area contributed by atoms with E-state index in [0.29, 0.717) is 0 Å². The molecule has 3 aromatic rings. The topological polar surface area (TPSA) is 49.2 Å². The van der Waals surface area contributed by atoms with Gasteiger partial charge in [0.2, 0.25) is 0 Å². The first-order chi connectivity index (χ1) is 7.66. The summed E-state index contributed by atoms with van der Waals surface area (Å²) in [7, 11) is 0. The van der Waals surface area contributed by atoms with Gasteiger partial charge in [0.1, 0.15) is 0 Å². The Morgan fingerprint density at radius 3 is 2.75 bits per heavy atom. The monoisotopic (exact) mass is 214 g/mol. The van der Waals surface area contributed by atoms with Crippen LogP contribution in [0.25, 0.3) is 11.5 Å². The Bertz CT molecular complexity index is 655. The van der Waals surface area contributed by atoms with Crippen molar-refractivity contribution in [1.82, 2.24) is 24.1 Å². The Kier molecular flexibility index (Phi) is 1.71. The number of aromatic nitrogens is 5. The molecule has 0 atom stereocenters. The molecule has 3 heterocycles. The number of hydrogen-bond donors (Lipinski definition) is 0. The highest BCUT2D eigenvalue weighted by molar-refractivity contribution is 5.56. The van der Waals surface area contributed by atoms with Crippen LogP contribution < -0.4 is 4.98 Å². The van der Waals surface area contributed by atoms with E-state index in [2.05, 4.69) is 15.1 Å². The smallest absolute Gasteiger partial charge is 0.152 e. The molecule has 0 aromatic carbocycles. The van der Waals surface area contributed by atoms with Gasteiger partial charge in [-0.25, -0.2) is 9.67 Å². The largest absolute Gasteiger partial charge is 0.440 e. The van der Waals surface area contributed by atoms with Gasteiger partial charge in [-0.1, -0.05) is 12.4 Å². The zero-order chi connectivity index (χ0) is 11.3. The Balaban J connectivity index is 2.33. The number of rotatable bonds is 1. The standard InChI is InChI=1S/C11H12N5/c1-7-6-8(2)16(14-7)11-10-12-4-5-15(10)9(3)13-11/h4-6H,1-3H3/q-1. The molecule has 0 saturated carbocycles. The average molecular weight is 214 g/mol. The molecule has 5 heteroatoms. The van der Waals surface area contributed by atoms with Crippen LogP contribution in [0.2, 0.25) is 0 Å². The van der Waals surface area contributed by atoms with Crippen LogP contribution in [0.3, 0.4) is 0 Å². The Morgan fingerprint density at radius 2 is 2.06 bits per heavy atom. The van der Waals surface area contributed by atoms with Crippen LogP contribution in [0.1, 0.15) is 17.2 Å². The number of imidazole rings is 2. The second kappa shape index (κ2) is 2.98. The maximum absolute atomic E-state index is 4.50. The van der Waals surface area contributed by atoms with Gasteiger partial charge in [-0.05, 0) is 32.5 Å². The van der Waals surface area contributed by atoms with E-state index in [-0.39, 0.29) is 0 Å². The summed E-state index contributed by atoms with van der Waals surface area (Å²) in [5.74, 6) is 1.73. The number of hydrogen-bond acceptors (Lipinski definition) is 2. The van der Waals surface area contributed by atoms with Crippen molar-refractivity contribution in [2.24, 2.45) is 0 Å². The molecule has 0 N–H and O–H groups in total. The van der Waals surface area contributed by atoms with E-state index >= 15 is 0 Å². The van der Waals surface area contributed by atoms with Crippen molar-refractivity contribution in [3.05, 3.63) is 35.7 Å². The molecule has 0 fully saturated rings. The molecule has 3 aromatic heterocycles. The number of nitrogens with zero attached hydrogens (tertiary/aromatic N) is 5. The second-order valence-corrected chi connectivity index (χ2v) is 3.94. The molecule has 0 radical (unpaired) electrons. The van der Waals surface area contributed by atoms with Crippen molar-refractivity contribution < 1.29 is 0 Å². The van der Waals surface area contributed by atoms with E-state index in [4.69, 9.17) is 0 Å². The van der Waals surface area contributed by atoms with Crippen LogP contribution in [-0.2, 0) is 0 Å². The molecule has 0 aliphatic rings. The molecule has 0 unspecified atom stereocenters. The summed E-state index contributed by atoms with van der Waals surface area (Å²) in [5.41, 5.74) is 2.91. The minimum Gasteiger partial charge on any atom is -0.440 e. The SMILES string of the molecule is Cc1cc(C)n(-c2nc(C)n3cc[n-]c23)n1. The third kappa shape index (κ3) is 1.11. The quantitative estimate of drug-likeness (QED) is 0.615. The summed E-state index contributed by atoms with van der Waals surface area (Å²) < 4.78 is 3.80. The molecule has 5 nitrogen and oxygen atoms in total. The maximum atomic E-state index is 4.50. The lowest BCUT2D eigenvalue weighted by Gasteiger charge is -2.02. The molecule has 0 amide bonds. The van der Waals surface area contributed by atoms with E-state index in [1.807, 2.05) is 42.1 Å². The van der Waals surface area contributed by atoms with Gasteiger partial charge in [0.15, 0.2) is 5.82 Å². The van der Waals surface area contributed by atoms with Gasteiger partial charge in [0.05, 0.1) is 5.69 Å². The van der Waals surface area contributed by atoms with E-state index in [9.17, 15) is 0 Å². The van der Waals surface area contributed by atoms with Gasteiger partial charge in [-0.2, -0.15) is 5.10 Å². The molecule has 0 spiro atoms. The van der Waals surface area contributed by atoms with Crippen LogP contribution in [0.5, 0.6) is 0 Å². The van der Waals surface area contributed by atoms with E-state index < -0.39 is 0 Å². The molecular formula is C11H12N5-. The van der Waals surface area contributed by atoms with Gasteiger partial charge in [-0.3, -0.25) is 0 Å². The zero-order valence-electron chi connectivity index (χ0n) is 9.47. The second-order valence-electron chi connectivity index (χ2n) is 3.94. The van der Waals surface area contributed by atoms with Crippen molar-refractivity contribution in [2.45, 2.75) is 20.8 Å². The fraction of sp³-hybridized carbons (Fsp3) is 0.273. The average Bonchev–Trinajstić information content (AvgIpc) is 2.85. The van der Waals surface area contributed by atoms with Gasteiger partial charge < -0.3 is 9.38 Å². The summed E-state index contributed by atoms with van der Waals surface area (Å²) in [6, 6.07) is 2.03. The Morgan fingerprint density at radius 1 is 1.25 bits per heavy atom. The minimum absolute atomic E-state index is 0.799. The summed E-state index contributed by atoms with van der Waals surface area (Å²) in [4.78, 5) is 8.80. The molecule has 0 saturated heterocycles. The summed E-state index contributed by atoms with van der Waals surface area (Å²) in [5, 5.41) is 4.42. The molecule has 16 heavy (non-hydrogen) atoms. The van der Waals surface area contributed by atoms with Crippen molar-refractivity contribution in [2.75, 3.05) is 0 Å². The predicted molar refractivity (Wildman–Crippen MR) is 59.8 cm³/mol. The highest BCUT2D eigenvalue weighted by Gasteiger charge is 2.08. The van der Waals surface area contributed by atoms with Crippen molar-refractivity contribution in [3.8, 4) is 5.82 Å². The molecule has 0 bridgehead atoms. The van der Waals surface area contributed by atoms with Gasteiger partial charge in [0.25, 0.3) is 0 Å². The zero-order valence-corrected chi connectivity index (χ0v) is 9.47. The maximum Gasteiger partial charge on any atom is 0.152 e. The Labute approximate surface area is 92.7 Å². The number of fused-ring (bicyclic) bond motifs is 1. The minimum atomic E-state index is 0.799. The van der Waals surface area contributed by atoms with Crippen molar-refractivity contribution in [3.63, 3.8) is 0 Å². The van der Waals surface area contributed by atoms with Crippen LogP contribution >= 0.6 is 0 Å². The van der Waals surface area contributed by atoms with Crippen LogP contribution in [0.4, 0.5) is 0 Å². The van der Waals surface area contributed by atoms with E-state index in [0.717, 1.165) is 28.7 Å². The normalized spacial score (nSPS) is 11.4. The molecule has 0 aliphatic heterocycles. The van der Waals surface area contributed by atoms with E-state index in [1.165, 1.54) is 0 Å². The lowest BCUT2D eigenvalue weighted by atomic mass is 10.4. The fourth-order valence-electron chi connectivity index (χ4n) is 1.97. The first-order valence-corrected chi connectivity index (χ1v) is 5.17. The third-order valence-electron chi connectivity index (χ3n) is 2.67. The summed E-state index contributed by atoms with van der Waals surface area (Å²) in [6.45, 7) is 5.95. The third-order valence-corrected chi connectivity index (χ3v) is 2.67. The summed E-state index contributed by atoms with van der Waals surface area (Å²) >= 11 is 0. The number of aryl methyl sites for hydroxylation is 3. The molecule has 3 rings (SSSR count). The van der Waals surface area contributed by atoms with Crippen LogP contribution in [0.15, 0.2) is 18.5 Å². The van der Waals surface area contributed by atoms with Gasteiger partial charge >= 0.3 is 0 Å². The molecule has 0 aliphatic carbocycles. The highest BCUT2D eigenvalue weighted by atomic mass is 15.3. The summed E-state index contributed by atoms with van der Waals surface area (Å²) in [6.07, 6.45) is 3.69. The first-order valence-electron chi connectivity index (χ1n) is 5.17. The predicted octanol–water partition coefficient (Wildman–Crippen LogP) is 1.40. The van der Waals surface area contributed by atoms with Crippen LogP contribution in [-0.4, -0.2) is 19.2 Å². The van der Waals surface area contributed by atoms with E-state index in [1.54, 1.807) is 6.20 Å². The lowest BCUT2D eigenvalue weighted by Crippen LogP contribution is -2.00. The van der Waals surface area contributed by atoms with Crippen molar-refractivity contribution >= 4 is 5.65 Å². The van der Waals surface area contributed by atoms with Gasteiger partial charge in [0, 0.05) is 11.5 Å². The molecule has 82 valence electrons. The molecular weight excluding hydrogens is 202 g/mol. The lowest BCUT2D eigenvalue weighted by molar-refractivity contribution is 0.812. The van der Waals surface area contributed by atoms with Crippen molar-refractivity contribution in [1.29, 1.82) is 0 Å². The highest BCUT2D eigenvalue weighted by Crippen LogP contribution is 2.16.